The van der Waals surface area contributed by atoms with Crippen LogP contribution in [0.4, 0.5) is 0 Å². The summed E-state index contributed by atoms with van der Waals surface area (Å²) in [4.78, 5) is 11.6. The number of aliphatic hydroxyl groups excluding tert-OH is 2. The smallest absolute Gasteiger partial charge is 0.319 e. The van der Waals surface area contributed by atoms with Crippen molar-refractivity contribution in [2.24, 2.45) is 0 Å². The quantitative estimate of drug-likeness (QED) is 0.408. The van der Waals surface area contributed by atoms with Crippen molar-refractivity contribution < 1.29 is 38.2 Å². The maximum Gasteiger partial charge on any atom is 0.319 e. The van der Waals surface area contributed by atoms with E-state index in [4.69, 9.17) is 14.0 Å². The largest absolute Gasteiger partial charge is 0.746 e. The molecule has 0 aliphatic carbocycles. The molecule has 0 amide bonds. The number of aliphatic hydroxyl groups is 2. The zero-order valence-corrected chi connectivity index (χ0v) is 17.6. The zero-order chi connectivity index (χ0) is 20.7. The van der Waals surface area contributed by atoms with E-state index in [1.165, 1.54) is 20.3 Å². The van der Waals surface area contributed by atoms with Crippen molar-refractivity contribution in [2.45, 2.75) is 13.2 Å². The average Bonchev–Trinajstić information content (AvgIpc) is 2.71. The molecule has 0 bridgehead atoms. The third-order valence-corrected chi connectivity index (χ3v) is 4.83. The summed E-state index contributed by atoms with van der Waals surface area (Å²) >= 11 is 0. The first-order valence-corrected chi connectivity index (χ1v) is 9.67. The average molecular weight is 427 g/mol. The molecule has 160 valence electrons. The SMILES string of the molecule is COc1ccc(/C=C\c2cc(CO)c(CO)c(OC)c2)cc1OP(=O)([O-])OC.[NH4+]. The van der Waals surface area contributed by atoms with Crippen molar-refractivity contribution in [2.75, 3.05) is 21.3 Å². The van der Waals surface area contributed by atoms with Gasteiger partial charge in [-0.2, -0.15) is 0 Å². The predicted molar refractivity (Wildman–Crippen MR) is 108 cm³/mol. The fourth-order valence-corrected chi connectivity index (χ4v) is 3.00. The monoisotopic (exact) mass is 427 g/mol. The molecule has 2 aromatic rings. The molecule has 2 aromatic carbocycles. The number of phosphoric acid groups is 1. The van der Waals surface area contributed by atoms with Crippen LogP contribution in [0, 0.1) is 0 Å². The first-order chi connectivity index (χ1) is 13.4. The van der Waals surface area contributed by atoms with Gasteiger partial charge in [0.05, 0.1) is 27.4 Å². The highest BCUT2D eigenvalue weighted by Crippen LogP contribution is 2.43. The topological polar surface area (TPSA) is 154 Å². The second kappa shape index (κ2) is 11.0. The van der Waals surface area contributed by atoms with E-state index >= 15 is 0 Å². The molecule has 0 aliphatic rings. The molecule has 0 heterocycles. The van der Waals surface area contributed by atoms with Crippen LogP contribution in [0.1, 0.15) is 22.3 Å². The Hall–Kier alpha value is -2.39. The molecule has 0 radical (unpaired) electrons. The van der Waals surface area contributed by atoms with Gasteiger partial charge in [0.25, 0.3) is 0 Å². The van der Waals surface area contributed by atoms with Crippen molar-refractivity contribution >= 4 is 20.0 Å². The third-order valence-electron chi connectivity index (χ3n) is 3.96. The number of rotatable bonds is 9. The molecule has 9 nitrogen and oxygen atoms in total. The summed E-state index contributed by atoms with van der Waals surface area (Å²) in [6.45, 7) is -0.499. The van der Waals surface area contributed by atoms with Gasteiger partial charge in [-0.25, -0.2) is 0 Å². The summed E-state index contributed by atoms with van der Waals surface area (Å²) in [7, 11) is -0.605. The number of hydrogen-bond acceptors (Lipinski definition) is 8. The highest BCUT2D eigenvalue weighted by molar-refractivity contribution is 7.46. The van der Waals surface area contributed by atoms with E-state index in [0.29, 0.717) is 22.4 Å². The van der Waals surface area contributed by atoms with Crippen LogP contribution in [0.3, 0.4) is 0 Å². The second-order valence-corrected chi connectivity index (χ2v) is 7.08. The van der Waals surface area contributed by atoms with Gasteiger partial charge in [-0.3, -0.25) is 4.57 Å². The van der Waals surface area contributed by atoms with Gasteiger partial charge in [-0.05, 0) is 41.0 Å². The summed E-state index contributed by atoms with van der Waals surface area (Å²) in [5.74, 6) is 0.691. The number of quaternary nitrogens is 1. The van der Waals surface area contributed by atoms with Gasteiger partial charge in [-0.15, -0.1) is 0 Å². The highest BCUT2D eigenvalue weighted by atomic mass is 31.2. The predicted octanol–water partition coefficient (Wildman–Crippen LogP) is 2.73. The number of phosphoric ester groups is 1. The first kappa shape index (κ1) is 24.6. The Morgan fingerprint density at radius 1 is 0.931 bits per heavy atom. The Labute approximate surface area is 169 Å². The van der Waals surface area contributed by atoms with Crippen molar-refractivity contribution in [3.05, 3.63) is 52.6 Å². The lowest BCUT2D eigenvalue weighted by atomic mass is 10.0. The van der Waals surface area contributed by atoms with Crippen LogP contribution >= 0.6 is 7.82 Å². The van der Waals surface area contributed by atoms with Crippen LogP contribution in [0.2, 0.25) is 0 Å². The fraction of sp³-hybridized carbons (Fsp3) is 0.263. The Morgan fingerprint density at radius 3 is 2.10 bits per heavy atom. The Bertz CT molecular complexity index is 875. The molecule has 0 saturated heterocycles. The Morgan fingerprint density at radius 2 is 1.55 bits per heavy atom. The van der Waals surface area contributed by atoms with E-state index in [9.17, 15) is 19.7 Å². The highest BCUT2D eigenvalue weighted by Gasteiger charge is 2.14. The fourth-order valence-electron chi connectivity index (χ4n) is 2.54. The van der Waals surface area contributed by atoms with E-state index in [1.807, 2.05) is 0 Å². The molecule has 2 rings (SSSR count). The maximum absolute atomic E-state index is 11.6. The summed E-state index contributed by atoms with van der Waals surface area (Å²) < 4.78 is 31.2. The standard InChI is InChI=1S/C19H23O8P.H3N/c1-24-17-7-6-13(9-19(17)27-28(22,23)26-3)4-5-14-8-15(11-20)16(12-21)18(10-14)25-2;/h4-10,20-21H,11-12H2,1-3H3,(H,22,23);1H3/b5-4-;. The lowest BCUT2D eigenvalue weighted by molar-refractivity contribution is -0.214. The van der Waals surface area contributed by atoms with Crippen molar-refractivity contribution in [1.82, 2.24) is 6.15 Å². The third kappa shape index (κ3) is 6.30. The lowest BCUT2D eigenvalue weighted by Crippen LogP contribution is -2.09. The van der Waals surface area contributed by atoms with Crippen LogP contribution in [0.5, 0.6) is 17.2 Å². The number of benzene rings is 2. The van der Waals surface area contributed by atoms with Crippen LogP contribution < -0.4 is 25.0 Å². The van der Waals surface area contributed by atoms with Crippen molar-refractivity contribution in [1.29, 1.82) is 0 Å². The molecular formula is C19H26NO8P. The normalized spacial score (nSPS) is 12.9. The minimum atomic E-state index is -4.48. The summed E-state index contributed by atoms with van der Waals surface area (Å²) in [5, 5.41) is 19.0. The van der Waals surface area contributed by atoms with Gasteiger partial charge >= 0.3 is 7.82 Å². The van der Waals surface area contributed by atoms with E-state index in [-0.39, 0.29) is 30.9 Å². The van der Waals surface area contributed by atoms with Crippen LogP contribution in [-0.2, 0) is 22.3 Å². The van der Waals surface area contributed by atoms with Gasteiger partial charge in [0.15, 0.2) is 11.5 Å². The summed E-state index contributed by atoms with van der Waals surface area (Å²) in [6.07, 6.45) is 3.48. The molecular weight excluding hydrogens is 401 g/mol. The van der Waals surface area contributed by atoms with Gasteiger partial charge in [-0.1, -0.05) is 18.2 Å². The molecule has 6 N–H and O–H groups in total. The lowest BCUT2D eigenvalue weighted by Gasteiger charge is -2.22. The molecule has 10 heteroatoms. The molecule has 0 fully saturated rings. The Kier molecular flexibility index (Phi) is 9.32. The maximum atomic E-state index is 11.6. The van der Waals surface area contributed by atoms with Gasteiger partial charge < -0.3 is 39.8 Å². The molecule has 0 aliphatic heterocycles. The zero-order valence-electron chi connectivity index (χ0n) is 16.7. The van der Waals surface area contributed by atoms with E-state index in [1.54, 1.807) is 36.4 Å². The minimum absolute atomic E-state index is 0. The van der Waals surface area contributed by atoms with Gasteiger partial charge in [0, 0.05) is 12.7 Å². The van der Waals surface area contributed by atoms with Crippen molar-refractivity contribution in [3.8, 4) is 17.2 Å². The molecule has 29 heavy (non-hydrogen) atoms. The minimum Gasteiger partial charge on any atom is -0.746 e. The molecule has 0 spiro atoms. The van der Waals surface area contributed by atoms with E-state index in [0.717, 1.165) is 12.7 Å². The van der Waals surface area contributed by atoms with Crippen LogP contribution in [0.15, 0.2) is 30.3 Å². The van der Waals surface area contributed by atoms with Gasteiger partial charge in [0.2, 0.25) is 0 Å². The number of hydrogen-bond donors (Lipinski definition) is 3. The summed E-state index contributed by atoms with van der Waals surface area (Å²) in [6, 6.07) is 8.22. The first-order valence-electron chi connectivity index (χ1n) is 8.21. The van der Waals surface area contributed by atoms with Crippen LogP contribution in [0.25, 0.3) is 12.2 Å². The molecule has 0 aromatic heterocycles. The molecule has 1 atom stereocenters. The van der Waals surface area contributed by atoms with Crippen LogP contribution in [-0.4, -0.2) is 31.5 Å². The Balaban J connectivity index is 0.00000420. The second-order valence-electron chi connectivity index (χ2n) is 5.64. The van der Waals surface area contributed by atoms with Gasteiger partial charge in [0.1, 0.15) is 5.75 Å². The molecule has 0 saturated carbocycles. The molecule has 1 unspecified atom stereocenters. The van der Waals surface area contributed by atoms with E-state index in [2.05, 4.69) is 4.52 Å². The van der Waals surface area contributed by atoms with Crippen molar-refractivity contribution in [3.63, 3.8) is 0 Å². The summed E-state index contributed by atoms with van der Waals surface area (Å²) in [5.41, 5.74) is 2.44. The van der Waals surface area contributed by atoms with E-state index < -0.39 is 7.82 Å². The number of ether oxygens (including phenoxy) is 2. The number of methoxy groups -OCH3 is 2.